The van der Waals surface area contributed by atoms with E-state index >= 15 is 0 Å². The Balaban J connectivity index is 1.64. The maximum absolute atomic E-state index is 12.1. The molecule has 0 unspecified atom stereocenters. The van der Waals surface area contributed by atoms with Crippen LogP contribution in [-0.4, -0.2) is 15.6 Å². The first-order chi connectivity index (χ1) is 11.2. The zero-order valence-corrected chi connectivity index (χ0v) is 13.1. The number of benzene rings is 1. The van der Waals surface area contributed by atoms with Gasteiger partial charge in [0, 0.05) is 24.8 Å². The molecule has 0 spiro atoms. The Morgan fingerprint density at radius 3 is 2.65 bits per heavy atom. The predicted octanol–water partition coefficient (Wildman–Crippen LogP) is 3.00. The van der Waals surface area contributed by atoms with E-state index in [0.717, 1.165) is 36.1 Å². The predicted molar refractivity (Wildman–Crippen MR) is 92.9 cm³/mol. The fraction of sp³-hybridized carbons (Fsp3) is 0.263. The van der Waals surface area contributed by atoms with Gasteiger partial charge in [-0.15, -0.1) is 0 Å². The third-order valence-corrected chi connectivity index (χ3v) is 4.61. The third kappa shape index (κ3) is 2.50. The van der Waals surface area contributed by atoms with E-state index in [1.807, 2.05) is 16.8 Å². The molecule has 3 aromatic rings. The molecular formula is C19H19N3O. The van der Waals surface area contributed by atoms with Gasteiger partial charge in [-0.25, -0.2) is 4.98 Å². The highest BCUT2D eigenvalue weighted by Gasteiger charge is 2.21. The summed E-state index contributed by atoms with van der Waals surface area (Å²) >= 11 is 0. The van der Waals surface area contributed by atoms with Gasteiger partial charge in [-0.3, -0.25) is 4.79 Å². The zero-order valence-electron chi connectivity index (χ0n) is 13.1. The minimum atomic E-state index is 0.0462. The summed E-state index contributed by atoms with van der Waals surface area (Å²) in [4.78, 5) is 16.7. The lowest BCUT2D eigenvalue weighted by atomic mass is 10.1. The van der Waals surface area contributed by atoms with Gasteiger partial charge in [0.2, 0.25) is 0 Å². The highest BCUT2D eigenvalue weighted by molar-refractivity contribution is 5.80. The number of nitrogens with zero attached hydrogens (tertiary/aromatic N) is 2. The van der Waals surface area contributed by atoms with Crippen LogP contribution in [0.4, 0.5) is 5.82 Å². The van der Waals surface area contributed by atoms with Gasteiger partial charge in [0.1, 0.15) is 5.82 Å². The van der Waals surface area contributed by atoms with E-state index in [2.05, 4.69) is 41.5 Å². The number of fused-ring (bicyclic) bond motifs is 2. The Bertz CT molecular complexity index is 904. The molecule has 1 aliphatic rings. The molecule has 4 nitrogen and oxygen atoms in total. The van der Waals surface area contributed by atoms with E-state index in [1.165, 1.54) is 11.1 Å². The molecule has 2 aromatic heterocycles. The van der Waals surface area contributed by atoms with E-state index in [0.29, 0.717) is 6.04 Å². The summed E-state index contributed by atoms with van der Waals surface area (Å²) < 4.78 is 2.04. The molecule has 0 saturated carbocycles. The Hall–Kier alpha value is -2.62. The lowest BCUT2D eigenvalue weighted by Gasteiger charge is -2.14. The molecule has 23 heavy (non-hydrogen) atoms. The molecule has 0 atom stereocenters. The maximum atomic E-state index is 12.1. The van der Waals surface area contributed by atoms with Crippen molar-refractivity contribution in [3.63, 3.8) is 0 Å². The van der Waals surface area contributed by atoms with Crippen molar-refractivity contribution in [1.29, 1.82) is 0 Å². The molecule has 2 heterocycles. The van der Waals surface area contributed by atoms with Crippen LogP contribution in [0.15, 0.2) is 53.6 Å². The van der Waals surface area contributed by atoms with Crippen LogP contribution in [-0.2, 0) is 19.4 Å². The van der Waals surface area contributed by atoms with Gasteiger partial charge in [0.05, 0.1) is 17.1 Å². The first kappa shape index (κ1) is 14.0. The average Bonchev–Trinajstić information content (AvgIpc) is 2.98. The standard InChI is InChI=1S/C19H19N3O/c1-2-22-8-7-18(23)16-11-19(20-12-17(16)22)21-15-9-13-5-3-4-6-14(13)10-15/h3-8,11-12,15H,2,9-10H2,1H3,(H,20,21). The molecule has 1 aromatic carbocycles. The molecule has 1 N–H and O–H groups in total. The van der Waals surface area contributed by atoms with Gasteiger partial charge in [-0.1, -0.05) is 24.3 Å². The normalized spacial score (nSPS) is 14.1. The summed E-state index contributed by atoms with van der Waals surface area (Å²) in [6, 6.07) is 12.4. The summed E-state index contributed by atoms with van der Waals surface area (Å²) in [6.45, 7) is 2.88. The largest absolute Gasteiger partial charge is 0.367 e. The summed E-state index contributed by atoms with van der Waals surface area (Å²) in [5, 5.41) is 4.21. The van der Waals surface area contributed by atoms with E-state index < -0.39 is 0 Å². The second-order valence-corrected chi connectivity index (χ2v) is 6.07. The van der Waals surface area contributed by atoms with Crippen molar-refractivity contribution in [2.24, 2.45) is 0 Å². The van der Waals surface area contributed by atoms with Crippen LogP contribution in [0, 0.1) is 0 Å². The van der Waals surface area contributed by atoms with Crippen LogP contribution < -0.4 is 10.7 Å². The van der Waals surface area contributed by atoms with Crippen molar-refractivity contribution < 1.29 is 0 Å². The lowest BCUT2D eigenvalue weighted by molar-refractivity contribution is 0.767. The fourth-order valence-corrected chi connectivity index (χ4v) is 3.43. The quantitative estimate of drug-likeness (QED) is 0.809. The smallest absolute Gasteiger partial charge is 0.189 e. The van der Waals surface area contributed by atoms with Crippen LogP contribution in [0.2, 0.25) is 0 Å². The van der Waals surface area contributed by atoms with Crippen LogP contribution in [0.1, 0.15) is 18.1 Å². The van der Waals surface area contributed by atoms with Crippen molar-refractivity contribution in [1.82, 2.24) is 9.55 Å². The van der Waals surface area contributed by atoms with Crippen molar-refractivity contribution >= 4 is 16.7 Å². The topological polar surface area (TPSA) is 46.9 Å². The van der Waals surface area contributed by atoms with E-state index in [1.54, 1.807) is 12.3 Å². The number of aromatic nitrogens is 2. The van der Waals surface area contributed by atoms with Gasteiger partial charge in [-0.2, -0.15) is 0 Å². The zero-order chi connectivity index (χ0) is 15.8. The lowest BCUT2D eigenvalue weighted by Crippen LogP contribution is -2.20. The Kier molecular flexibility index (Phi) is 3.37. The van der Waals surface area contributed by atoms with Crippen molar-refractivity contribution in [2.45, 2.75) is 32.4 Å². The number of rotatable bonds is 3. The third-order valence-electron chi connectivity index (χ3n) is 4.61. The highest BCUT2D eigenvalue weighted by atomic mass is 16.1. The maximum Gasteiger partial charge on any atom is 0.189 e. The van der Waals surface area contributed by atoms with E-state index in [4.69, 9.17) is 0 Å². The molecule has 116 valence electrons. The second kappa shape index (κ2) is 5.54. The van der Waals surface area contributed by atoms with Crippen LogP contribution in [0.5, 0.6) is 0 Å². The van der Waals surface area contributed by atoms with Crippen LogP contribution in [0.3, 0.4) is 0 Å². The minimum absolute atomic E-state index is 0.0462. The molecule has 4 heteroatoms. The molecule has 0 amide bonds. The molecule has 0 fully saturated rings. The molecule has 0 bridgehead atoms. The van der Waals surface area contributed by atoms with Gasteiger partial charge < -0.3 is 9.88 Å². The molecule has 0 saturated heterocycles. The molecule has 0 radical (unpaired) electrons. The summed E-state index contributed by atoms with van der Waals surface area (Å²) in [5.74, 6) is 0.779. The SMILES string of the molecule is CCn1ccc(=O)c2cc(NC3Cc4ccccc4C3)ncc21. The monoisotopic (exact) mass is 305 g/mol. The first-order valence-electron chi connectivity index (χ1n) is 8.07. The Labute approximate surface area is 134 Å². The van der Waals surface area contributed by atoms with Crippen molar-refractivity contribution in [3.8, 4) is 0 Å². The Morgan fingerprint density at radius 2 is 1.96 bits per heavy atom. The number of hydrogen-bond donors (Lipinski definition) is 1. The van der Waals surface area contributed by atoms with E-state index in [9.17, 15) is 4.79 Å². The van der Waals surface area contributed by atoms with Gasteiger partial charge in [-0.05, 0) is 37.0 Å². The number of aryl methyl sites for hydroxylation is 1. The summed E-state index contributed by atoms with van der Waals surface area (Å²) in [5.41, 5.74) is 3.74. The van der Waals surface area contributed by atoms with Gasteiger partial charge in [0.15, 0.2) is 5.43 Å². The fourth-order valence-electron chi connectivity index (χ4n) is 3.43. The highest BCUT2D eigenvalue weighted by Crippen LogP contribution is 2.24. The molecule has 4 rings (SSSR count). The van der Waals surface area contributed by atoms with Crippen LogP contribution in [0.25, 0.3) is 10.9 Å². The molecule has 0 aliphatic heterocycles. The molecular weight excluding hydrogens is 286 g/mol. The summed E-state index contributed by atoms with van der Waals surface area (Å²) in [7, 11) is 0. The van der Waals surface area contributed by atoms with Crippen molar-refractivity contribution in [2.75, 3.05) is 5.32 Å². The van der Waals surface area contributed by atoms with Gasteiger partial charge in [0.25, 0.3) is 0 Å². The second-order valence-electron chi connectivity index (χ2n) is 6.07. The Morgan fingerprint density at radius 1 is 1.22 bits per heavy atom. The average molecular weight is 305 g/mol. The van der Waals surface area contributed by atoms with Crippen molar-refractivity contribution in [3.05, 3.63) is 70.1 Å². The number of anilines is 1. The number of hydrogen-bond acceptors (Lipinski definition) is 3. The van der Waals surface area contributed by atoms with Gasteiger partial charge >= 0.3 is 0 Å². The first-order valence-corrected chi connectivity index (χ1v) is 8.07. The molecule has 1 aliphatic carbocycles. The van der Waals surface area contributed by atoms with Crippen LogP contribution >= 0.6 is 0 Å². The van der Waals surface area contributed by atoms with E-state index in [-0.39, 0.29) is 5.43 Å². The number of pyridine rings is 2. The number of nitrogens with one attached hydrogen (secondary N) is 1. The summed E-state index contributed by atoms with van der Waals surface area (Å²) in [6.07, 6.45) is 5.63. The minimum Gasteiger partial charge on any atom is -0.367 e.